The maximum atomic E-state index is 4.91. The standard InChI is InChI=1S/C33H21NS/c1-2-11-22(12-3-1)31-27-17-8-9-18-28(27)33(29-19-10-20-34-32(29)31)35-30-21-23-13-4-5-14-24(23)25-15-6-7-16-26(25)30/h1-21H. The van der Waals surface area contributed by atoms with E-state index >= 15 is 0 Å². The average Bonchev–Trinajstić information content (AvgIpc) is 2.93. The van der Waals surface area contributed by atoms with E-state index in [1.54, 1.807) is 0 Å². The Kier molecular flexibility index (Phi) is 4.78. The Morgan fingerprint density at radius 1 is 0.486 bits per heavy atom. The second kappa shape index (κ2) is 8.26. The van der Waals surface area contributed by atoms with Gasteiger partial charge in [0.25, 0.3) is 0 Å². The summed E-state index contributed by atoms with van der Waals surface area (Å²) in [6, 6.07) is 43.4. The van der Waals surface area contributed by atoms with E-state index < -0.39 is 0 Å². The lowest BCUT2D eigenvalue weighted by Crippen LogP contribution is -1.91. The van der Waals surface area contributed by atoms with Crippen LogP contribution in [-0.4, -0.2) is 4.98 Å². The molecule has 0 amide bonds. The fourth-order valence-corrected chi connectivity index (χ4v) is 6.44. The van der Waals surface area contributed by atoms with Gasteiger partial charge in [0.1, 0.15) is 0 Å². The van der Waals surface area contributed by atoms with Gasteiger partial charge in [-0.1, -0.05) is 121 Å². The minimum Gasteiger partial charge on any atom is -0.256 e. The third kappa shape index (κ3) is 3.30. The van der Waals surface area contributed by atoms with Crippen molar-refractivity contribution in [3.63, 3.8) is 0 Å². The van der Waals surface area contributed by atoms with Crippen LogP contribution < -0.4 is 0 Å². The molecule has 0 saturated carbocycles. The molecule has 0 N–H and O–H groups in total. The lowest BCUT2D eigenvalue weighted by Gasteiger charge is -2.17. The van der Waals surface area contributed by atoms with Gasteiger partial charge in [0.05, 0.1) is 5.52 Å². The van der Waals surface area contributed by atoms with Gasteiger partial charge in [-0.05, 0) is 50.0 Å². The molecule has 164 valence electrons. The molecule has 2 heteroatoms. The number of hydrogen-bond acceptors (Lipinski definition) is 2. The highest BCUT2D eigenvalue weighted by atomic mass is 32.2. The highest BCUT2D eigenvalue weighted by Crippen LogP contribution is 2.46. The third-order valence-corrected chi connectivity index (χ3v) is 7.94. The molecule has 0 fully saturated rings. The fourth-order valence-electron chi connectivity index (χ4n) is 5.18. The van der Waals surface area contributed by atoms with Crippen LogP contribution in [0.15, 0.2) is 137 Å². The fraction of sp³-hybridized carbons (Fsp3) is 0. The number of aromatic nitrogens is 1. The first-order valence-corrected chi connectivity index (χ1v) is 12.6. The molecule has 0 bridgehead atoms. The smallest absolute Gasteiger partial charge is 0.0798 e. The average molecular weight is 464 g/mol. The van der Waals surface area contributed by atoms with Crippen molar-refractivity contribution in [1.82, 2.24) is 4.98 Å². The zero-order valence-corrected chi connectivity index (χ0v) is 19.8. The first-order chi connectivity index (χ1) is 17.4. The number of pyridine rings is 1. The number of nitrogens with zero attached hydrogens (tertiary/aromatic N) is 1. The van der Waals surface area contributed by atoms with Gasteiger partial charge in [-0.3, -0.25) is 4.98 Å². The van der Waals surface area contributed by atoms with E-state index in [4.69, 9.17) is 4.98 Å². The summed E-state index contributed by atoms with van der Waals surface area (Å²) in [6.45, 7) is 0. The second-order valence-corrected chi connectivity index (χ2v) is 9.81. The molecule has 0 aliphatic rings. The molecular weight excluding hydrogens is 442 g/mol. The molecule has 7 aromatic rings. The van der Waals surface area contributed by atoms with Gasteiger partial charge in [0.2, 0.25) is 0 Å². The van der Waals surface area contributed by atoms with E-state index in [1.807, 2.05) is 18.0 Å². The molecule has 1 heterocycles. The highest BCUT2D eigenvalue weighted by Gasteiger charge is 2.18. The predicted molar refractivity (Wildman–Crippen MR) is 150 cm³/mol. The van der Waals surface area contributed by atoms with Gasteiger partial charge >= 0.3 is 0 Å². The second-order valence-electron chi connectivity index (χ2n) is 8.76. The molecule has 6 aromatic carbocycles. The molecule has 0 aliphatic heterocycles. The Morgan fingerprint density at radius 3 is 1.94 bits per heavy atom. The summed E-state index contributed by atoms with van der Waals surface area (Å²) in [5.41, 5.74) is 3.44. The summed E-state index contributed by atoms with van der Waals surface area (Å²) in [5.74, 6) is 0. The van der Waals surface area contributed by atoms with E-state index in [9.17, 15) is 0 Å². The van der Waals surface area contributed by atoms with Crippen LogP contribution in [0.25, 0.3) is 54.3 Å². The number of fused-ring (bicyclic) bond motifs is 5. The lowest BCUT2D eigenvalue weighted by atomic mass is 9.95. The summed E-state index contributed by atoms with van der Waals surface area (Å²) in [5, 5.41) is 8.81. The van der Waals surface area contributed by atoms with Crippen molar-refractivity contribution in [1.29, 1.82) is 0 Å². The summed E-state index contributed by atoms with van der Waals surface area (Å²) in [4.78, 5) is 7.43. The number of benzene rings is 6. The zero-order chi connectivity index (χ0) is 23.2. The first kappa shape index (κ1) is 20.3. The molecule has 0 atom stereocenters. The normalized spacial score (nSPS) is 11.5. The molecule has 1 aromatic heterocycles. The summed E-state index contributed by atoms with van der Waals surface area (Å²) in [7, 11) is 0. The third-order valence-electron chi connectivity index (χ3n) is 6.73. The Morgan fingerprint density at radius 2 is 1.11 bits per heavy atom. The van der Waals surface area contributed by atoms with Gasteiger partial charge in [-0.15, -0.1) is 0 Å². The molecular formula is C33H21NS. The molecule has 0 saturated heterocycles. The number of rotatable bonds is 3. The van der Waals surface area contributed by atoms with Gasteiger partial charge in [0.15, 0.2) is 0 Å². The van der Waals surface area contributed by atoms with Crippen molar-refractivity contribution >= 4 is 55.0 Å². The minimum atomic E-state index is 1.05. The lowest BCUT2D eigenvalue weighted by molar-refractivity contribution is 1.40. The largest absolute Gasteiger partial charge is 0.256 e. The summed E-state index contributed by atoms with van der Waals surface area (Å²) >= 11 is 1.85. The van der Waals surface area contributed by atoms with E-state index in [2.05, 4.69) is 121 Å². The van der Waals surface area contributed by atoms with Crippen molar-refractivity contribution in [2.24, 2.45) is 0 Å². The van der Waals surface area contributed by atoms with Crippen LogP contribution in [0.1, 0.15) is 0 Å². The van der Waals surface area contributed by atoms with Crippen LogP contribution in [0.5, 0.6) is 0 Å². The van der Waals surface area contributed by atoms with Crippen molar-refractivity contribution in [3.05, 3.63) is 128 Å². The molecule has 0 radical (unpaired) electrons. The predicted octanol–water partition coefficient (Wildman–Crippen LogP) is 9.51. The van der Waals surface area contributed by atoms with Crippen molar-refractivity contribution in [2.75, 3.05) is 0 Å². The Balaban J connectivity index is 1.56. The Hall–Kier alpha value is -4.14. The van der Waals surface area contributed by atoms with Crippen molar-refractivity contribution in [3.8, 4) is 11.1 Å². The van der Waals surface area contributed by atoms with Crippen LogP contribution in [0.3, 0.4) is 0 Å². The van der Waals surface area contributed by atoms with E-state index in [-0.39, 0.29) is 0 Å². The van der Waals surface area contributed by atoms with E-state index in [0.29, 0.717) is 0 Å². The summed E-state index contributed by atoms with van der Waals surface area (Å²) in [6.07, 6.45) is 1.91. The number of hydrogen-bond donors (Lipinski definition) is 0. The van der Waals surface area contributed by atoms with Crippen molar-refractivity contribution in [2.45, 2.75) is 9.79 Å². The maximum absolute atomic E-state index is 4.91. The van der Waals surface area contributed by atoms with Gasteiger partial charge < -0.3 is 0 Å². The highest BCUT2D eigenvalue weighted by molar-refractivity contribution is 8.00. The van der Waals surface area contributed by atoms with Gasteiger partial charge in [0, 0.05) is 26.9 Å². The Labute approximate surface area is 208 Å². The van der Waals surface area contributed by atoms with Gasteiger partial charge in [-0.2, -0.15) is 0 Å². The maximum Gasteiger partial charge on any atom is 0.0798 e. The van der Waals surface area contributed by atoms with E-state index in [0.717, 1.165) is 5.52 Å². The zero-order valence-electron chi connectivity index (χ0n) is 19.0. The molecule has 0 unspecified atom stereocenters. The molecule has 0 aliphatic carbocycles. The van der Waals surface area contributed by atoms with Crippen LogP contribution >= 0.6 is 11.8 Å². The van der Waals surface area contributed by atoms with E-state index in [1.165, 1.54) is 58.6 Å². The summed E-state index contributed by atoms with van der Waals surface area (Å²) < 4.78 is 0. The van der Waals surface area contributed by atoms with Crippen LogP contribution in [0, 0.1) is 0 Å². The molecule has 1 nitrogen and oxygen atoms in total. The molecule has 7 rings (SSSR count). The SMILES string of the molecule is c1ccc(-c2c3ccccc3c(Sc3cc4ccccc4c4ccccc34)c3cccnc23)cc1. The molecule has 0 spiro atoms. The van der Waals surface area contributed by atoms with Gasteiger partial charge in [-0.25, -0.2) is 0 Å². The first-order valence-electron chi connectivity index (χ1n) is 11.8. The van der Waals surface area contributed by atoms with Crippen LogP contribution in [0.2, 0.25) is 0 Å². The van der Waals surface area contributed by atoms with Crippen molar-refractivity contribution < 1.29 is 0 Å². The topological polar surface area (TPSA) is 12.9 Å². The van der Waals surface area contributed by atoms with Crippen LogP contribution in [-0.2, 0) is 0 Å². The molecule has 35 heavy (non-hydrogen) atoms. The monoisotopic (exact) mass is 463 g/mol. The quantitative estimate of drug-likeness (QED) is 0.191. The Bertz CT molecular complexity index is 1820. The minimum absolute atomic E-state index is 1.05. The van der Waals surface area contributed by atoms with Crippen LogP contribution in [0.4, 0.5) is 0 Å².